The monoisotopic (exact) mass is 303 g/mol. The lowest BCUT2D eigenvalue weighted by molar-refractivity contribution is 0.0729. The van der Waals surface area contributed by atoms with Crippen molar-refractivity contribution in [3.8, 4) is 5.88 Å². The van der Waals surface area contributed by atoms with Crippen molar-refractivity contribution in [1.29, 1.82) is 0 Å². The zero-order chi connectivity index (χ0) is 14.3. The maximum Gasteiger partial charge on any atom is 0.453 e. The Bertz CT molecular complexity index is 479. The largest absolute Gasteiger partial charge is 0.453 e. The molecule has 0 aliphatic carbocycles. The van der Waals surface area contributed by atoms with Gasteiger partial charge in [0.15, 0.2) is 0 Å². The molecular formula is C10H17N3O4SSi. The van der Waals surface area contributed by atoms with E-state index in [2.05, 4.69) is 29.1 Å². The van der Waals surface area contributed by atoms with Gasteiger partial charge in [0.05, 0.1) is 6.20 Å². The van der Waals surface area contributed by atoms with E-state index in [9.17, 15) is 9.00 Å². The number of hydrogen-bond donors (Lipinski definition) is 0. The Labute approximate surface area is 116 Å². The van der Waals surface area contributed by atoms with Gasteiger partial charge in [-0.15, -0.1) is 0 Å². The van der Waals surface area contributed by atoms with Crippen molar-refractivity contribution in [1.82, 2.24) is 9.78 Å². The number of rotatable bonds is 6. The Morgan fingerprint density at radius 2 is 2.26 bits per heavy atom. The predicted molar refractivity (Wildman–Crippen MR) is 72.9 cm³/mol. The van der Waals surface area contributed by atoms with E-state index >= 15 is 0 Å². The molecule has 0 N–H and O–H groups in total. The average molecular weight is 303 g/mol. The fourth-order valence-electron chi connectivity index (χ4n) is 1.17. The van der Waals surface area contributed by atoms with Crippen LogP contribution in [-0.4, -0.2) is 34.8 Å². The topological polar surface area (TPSA) is 82.8 Å². The van der Waals surface area contributed by atoms with Gasteiger partial charge in [0, 0.05) is 20.7 Å². The summed E-state index contributed by atoms with van der Waals surface area (Å²) in [7, 11) is -1.12. The van der Waals surface area contributed by atoms with E-state index in [1.807, 2.05) is 0 Å². The van der Waals surface area contributed by atoms with E-state index in [4.69, 9.17) is 9.47 Å². The summed E-state index contributed by atoms with van der Waals surface area (Å²) in [5.74, 6) is 0.204. The molecule has 0 saturated heterocycles. The molecule has 0 bridgehead atoms. The number of ether oxygens (including phenoxy) is 2. The molecule has 106 valence electrons. The van der Waals surface area contributed by atoms with Crippen molar-refractivity contribution in [2.24, 2.45) is 4.36 Å². The minimum Gasteiger partial charge on any atom is -0.389 e. The number of carbonyl (C=O) groups is 1. The predicted octanol–water partition coefficient (Wildman–Crippen LogP) is 2.09. The minimum absolute atomic E-state index is 0.194. The van der Waals surface area contributed by atoms with Gasteiger partial charge in [-0.05, 0) is 6.04 Å². The van der Waals surface area contributed by atoms with Gasteiger partial charge in [-0.1, -0.05) is 24.0 Å². The van der Waals surface area contributed by atoms with Crippen molar-refractivity contribution in [3.63, 3.8) is 0 Å². The summed E-state index contributed by atoms with van der Waals surface area (Å²) in [4.78, 5) is 11.0. The van der Waals surface area contributed by atoms with E-state index in [1.165, 1.54) is 16.9 Å². The molecule has 1 amide bonds. The Kier molecular flexibility index (Phi) is 6.05. The lowest BCUT2D eigenvalue weighted by atomic mass is 10.7. The Morgan fingerprint density at radius 3 is 2.89 bits per heavy atom. The van der Waals surface area contributed by atoms with Gasteiger partial charge in [-0.25, -0.2) is 9.48 Å². The van der Waals surface area contributed by atoms with Crippen LogP contribution in [0.2, 0.25) is 25.7 Å². The standard InChI is InChI=1S/C10H17N3O4SSi/c1-19(2,3)7-6-16-8-13-9(4-5-11-13)17-10(14)12-18-15/h4-5H,6-8H2,1-3H3. The maximum atomic E-state index is 11.0. The van der Waals surface area contributed by atoms with E-state index in [0.29, 0.717) is 6.61 Å². The summed E-state index contributed by atoms with van der Waals surface area (Å²) >= 11 is -0.194. The van der Waals surface area contributed by atoms with Gasteiger partial charge in [0.25, 0.3) is 0 Å². The average Bonchev–Trinajstić information content (AvgIpc) is 2.71. The van der Waals surface area contributed by atoms with E-state index in [-0.39, 0.29) is 24.1 Å². The summed E-state index contributed by atoms with van der Waals surface area (Å²) in [6.07, 6.45) is 0.526. The van der Waals surface area contributed by atoms with Crippen LogP contribution in [0.5, 0.6) is 5.88 Å². The maximum absolute atomic E-state index is 11.0. The highest BCUT2D eigenvalue weighted by atomic mass is 32.1. The third-order valence-corrected chi connectivity index (χ3v) is 4.12. The second-order valence-electron chi connectivity index (χ2n) is 5.05. The fraction of sp³-hybridized carbons (Fsp3) is 0.600. The van der Waals surface area contributed by atoms with Gasteiger partial charge in [-0.2, -0.15) is 9.31 Å². The first-order valence-corrected chi connectivity index (χ1v) is 10.1. The molecular weight excluding hydrogens is 286 g/mol. The van der Waals surface area contributed by atoms with E-state index in [0.717, 1.165) is 6.04 Å². The first-order valence-electron chi connectivity index (χ1n) is 5.74. The molecule has 0 aliphatic heterocycles. The fourth-order valence-corrected chi connectivity index (χ4v) is 2.03. The Balaban J connectivity index is 2.45. The number of amides is 1. The highest BCUT2D eigenvalue weighted by Crippen LogP contribution is 2.12. The number of nitrogens with zero attached hydrogens (tertiary/aromatic N) is 3. The molecule has 0 radical (unpaired) electrons. The molecule has 0 spiro atoms. The summed E-state index contributed by atoms with van der Waals surface area (Å²) in [6.45, 7) is 7.63. The molecule has 0 atom stereocenters. The van der Waals surface area contributed by atoms with Crippen molar-refractivity contribution in [2.45, 2.75) is 32.4 Å². The van der Waals surface area contributed by atoms with Crippen LogP contribution in [0.25, 0.3) is 0 Å². The smallest absolute Gasteiger partial charge is 0.389 e. The van der Waals surface area contributed by atoms with Gasteiger partial charge >= 0.3 is 6.09 Å². The number of carbonyl (C=O) groups excluding carboxylic acids is 1. The minimum atomic E-state index is -1.12. The van der Waals surface area contributed by atoms with Crippen LogP contribution in [0, 0.1) is 0 Å². The summed E-state index contributed by atoms with van der Waals surface area (Å²) in [6, 6.07) is 2.55. The van der Waals surface area contributed by atoms with Crippen molar-refractivity contribution >= 4 is 25.6 Å². The van der Waals surface area contributed by atoms with Crippen LogP contribution < -0.4 is 4.74 Å². The van der Waals surface area contributed by atoms with Gasteiger partial charge < -0.3 is 9.47 Å². The number of aromatic nitrogens is 2. The molecule has 0 saturated carbocycles. The molecule has 1 rings (SSSR count). The first-order chi connectivity index (χ1) is 8.92. The van der Waals surface area contributed by atoms with E-state index in [1.54, 1.807) is 0 Å². The molecule has 0 aromatic carbocycles. The molecule has 9 heteroatoms. The van der Waals surface area contributed by atoms with Gasteiger partial charge in [-0.3, -0.25) is 0 Å². The van der Waals surface area contributed by atoms with Crippen LogP contribution in [0.15, 0.2) is 16.6 Å². The highest BCUT2D eigenvalue weighted by Gasteiger charge is 2.13. The van der Waals surface area contributed by atoms with Crippen LogP contribution in [0.3, 0.4) is 0 Å². The van der Waals surface area contributed by atoms with E-state index < -0.39 is 14.2 Å². The first kappa shape index (κ1) is 15.7. The SMILES string of the molecule is C[Si](C)(C)CCOCn1nccc1OC(=O)N=S=O. The molecule has 0 fully saturated rings. The summed E-state index contributed by atoms with van der Waals surface area (Å²) in [5, 5.41) is 3.96. The van der Waals surface area contributed by atoms with Crippen molar-refractivity contribution < 1.29 is 18.5 Å². The lowest BCUT2D eigenvalue weighted by Crippen LogP contribution is -2.22. The molecule has 0 unspecified atom stereocenters. The molecule has 1 aromatic heterocycles. The molecule has 1 aromatic rings. The van der Waals surface area contributed by atoms with Crippen LogP contribution in [0.1, 0.15) is 0 Å². The van der Waals surface area contributed by atoms with Crippen molar-refractivity contribution in [3.05, 3.63) is 12.3 Å². The zero-order valence-corrected chi connectivity index (χ0v) is 13.0. The third kappa shape index (κ3) is 6.41. The van der Waals surface area contributed by atoms with Crippen LogP contribution >= 0.6 is 0 Å². The lowest BCUT2D eigenvalue weighted by Gasteiger charge is -2.15. The quantitative estimate of drug-likeness (QED) is 0.593. The molecule has 0 aliphatic rings. The summed E-state index contributed by atoms with van der Waals surface area (Å²) < 4.78 is 24.8. The van der Waals surface area contributed by atoms with Crippen molar-refractivity contribution in [2.75, 3.05) is 6.61 Å². The number of hydrogen-bond acceptors (Lipinski definition) is 5. The molecule has 7 nitrogen and oxygen atoms in total. The van der Waals surface area contributed by atoms with Gasteiger partial charge in [0.2, 0.25) is 17.3 Å². The highest BCUT2D eigenvalue weighted by molar-refractivity contribution is 7.55. The Hall–Kier alpha value is -1.32. The third-order valence-electron chi connectivity index (χ3n) is 2.19. The summed E-state index contributed by atoms with van der Waals surface area (Å²) in [5.41, 5.74) is 0. The van der Waals surface area contributed by atoms with Crippen LogP contribution in [0.4, 0.5) is 4.79 Å². The molecule has 19 heavy (non-hydrogen) atoms. The zero-order valence-electron chi connectivity index (χ0n) is 11.2. The second-order valence-corrected chi connectivity index (χ2v) is 11.0. The van der Waals surface area contributed by atoms with Crippen LogP contribution in [-0.2, 0) is 22.9 Å². The van der Waals surface area contributed by atoms with Gasteiger partial charge in [0.1, 0.15) is 6.73 Å². The second kappa shape index (κ2) is 7.31. The normalized spacial score (nSPS) is 11.1. The molecule has 1 heterocycles. The Morgan fingerprint density at radius 1 is 1.53 bits per heavy atom.